The average molecular weight is 531 g/mol. The van der Waals surface area contributed by atoms with Gasteiger partial charge in [-0.3, -0.25) is 9.98 Å². The van der Waals surface area contributed by atoms with Crippen LogP contribution in [0, 0.1) is 5.92 Å². The Labute approximate surface area is 236 Å². The van der Waals surface area contributed by atoms with E-state index in [9.17, 15) is 10.2 Å². The van der Waals surface area contributed by atoms with E-state index in [0.29, 0.717) is 29.3 Å². The summed E-state index contributed by atoms with van der Waals surface area (Å²) >= 11 is 0. The Bertz CT molecular complexity index is 1230. The zero-order valence-electron chi connectivity index (χ0n) is 25.5. The minimum Gasteiger partial charge on any atom is -0.507 e. The van der Waals surface area contributed by atoms with Crippen LogP contribution in [-0.4, -0.2) is 34.2 Å². The zero-order valence-corrected chi connectivity index (χ0v) is 25.5. The van der Waals surface area contributed by atoms with E-state index < -0.39 is 0 Å². The Morgan fingerprint density at radius 2 is 1.33 bits per heavy atom. The summed E-state index contributed by atoms with van der Waals surface area (Å²) in [5, 5.41) is 22.2. The second-order valence-electron chi connectivity index (χ2n) is 13.0. The second kappa shape index (κ2) is 11.9. The quantitative estimate of drug-likeness (QED) is 0.301. The number of rotatable bonds is 10. The van der Waals surface area contributed by atoms with E-state index in [1.807, 2.05) is 12.4 Å². The number of aromatic hydroxyl groups is 2. The number of benzene rings is 2. The number of phenolic OH excluding ortho intramolecular Hbond substituents is 2. The minimum atomic E-state index is -0.233. The Hall–Kier alpha value is -2.62. The zero-order chi connectivity index (χ0) is 28.5. The van der Waals surface area contributed by atoms with Gasteiger partial charge in [0.05, 0.1) is 11.6 Å². The van der Waals surface area contributed by atoms with Gasteiger partial charge in [0.25, 0.3) is 0 Å². The fraction of sp³-hybridized carbons (Fsp3) is 0.600. The van der Waals surface area contributed by atoms with Crippen molar-refractivity contribution in [3.05, 3.63) is 57.6 Å². The van der Waals surface area contributed by atoms with Crippen molar-refractivity contribution in [3.8, 4) is 11.5 Å². The monoisotopic (exact) mass is 530 g/mol. The highest BCUT2D eigenvalue weighted by atomic mass is 16.3. The van der Waals surface area contributed by atoms with Gasteiger partial charge in [-0.05, 0) is 103 Å². The molecule has 0 aliphatic heterocycles. The van der Waals surface area contributed by atoms with Gasteiger partial charge in [-0.2, -0.15) is 0 Å². The molecule has 2 bridgehead atoms. The first-order valence-electron chi connectivity index (χ1n) is 15.3. The van der Waals surface area contributed by atoms with Crippen molar-refractivity contribution in [3.63, 3.8) is 0 Å². The van der Waals surface area contributed by atoms with Crippen molar-refractivity contribution in [2.75, 3.05) is 0 Å². The molecule has 39 heavy (non-hydrogen) atoms. The van der Waals surface area contributed by atoms with Crippen LogP contribution in [0.25, 0.3) is 0 Å². The summed E-state index contributed by atoms with van der Waals surface area (Å²) in [4.78, 5) is 10.3. The summed E-state index contributed by atoms with van der Waals surface area (Å²) < 4.78 is 0. The summed E-state index contributed by atoms with van der Waals surface area (Å²) in [7, 11) is 0. The Balaban J connectivity index is 1.68. The third-order valence-electron chi connectivity index (χ3n) is 9.65. The molecule has 0 aromatic heterocycles. The van der Waals surface area contributed by atoms with E-state index in [1.54, 1.807) is 0 Å². The highest BCUT2D eigenvalue weighted by molar-refractivity contribution is 5.86. The van der Waals surface area contributed by atoms with Gasteiger partial charge >= 0.3 is 0 Å². The Morgan fingerprint density at radius 1 is 0.821 bits per heavy atom. The smallest absolute Gasteiger partial charge is 0.127 e. The molecule has 0 spiro atoms. The Morgan fingerprint density at radius 3 is 1.79 bits per heavy atom. The van der Waals surface area contributed by atoms with Crippen LogP contribution in [0.5, 0.6) is 11.5 Å². The second-order valence-corrected chi connectivity index (χ2v) is 13.0. The van der Waals surface area contributed by atoms with E-state index in [0.717, 1.165) is 54.4 Å². The normalized spacial score (nSPS) is 24.6. The maximum Gasteiger partial charge on any atom is 0.127 e. The predicted octanol–water partition coefficient (Wildman–Crippen LogP) is 9.22. The van der Waals surface area contributed by atoms with Crippen molar-refractivity contribution in [2.45, 2.75) is 129 Å². The summed E-state index contributed by atoms with van der Waals surface area (Å²) in [6.45, 7) is 17.4. The van der Waals surface area contributed by atoms with E-state index in [2.05, 4.69) is 79.7 Å². The first kappa shape index (κ1) is 29.4. The number of hydrogen-bond donors (Lipinski definition) is 2. The lowest BCUT2D eigenvalue weighted by molar-refractivity contribution is 0.367. The lowest BCUT2D eigenvalue weighted by Gasteiger charge is -2.29. The molecule has 0 radical (unpaired) electrons. The first-order valence-corrected chi connectivity index (χ1v) is 15.3. The van der Waals surface area contributed by atoms with Gasteiger partial charge in [0.1, 0.15) is 11.5 Å². The van der Waals surface area contributed by atoms with Crippen molar-refractivity contribution in [2.24, 2.45) is 15.9 Å². The number of aliphatic imine (C=N–C) groups is 2. The highest BCUT2D eigenvalue weighted by Crippen LogP contribution is 2.52. The molecule has 2 N–H and O–H groups in total. The van der Waals surface area contributed by atoms with Crippen LogP contribution < -0.4 is 0 Å². The topological polar surface area (TPSA) is 65.2 Å². The standard InChI is InChI=1S/C35H50N2O2/c1-9-23(7)26-14-28(33(38)30(16-26)21(3)4)19-36-32-13-25-11-12-35(32,18-25)37-20-29-15-27(24(8)10-2)17-31(22(5)6)34(29)39/h14-17,19-25,32,38-39H,9-13,18H2,1-8H3. The maximum atomic E-state index is 11.1. The van der Waals surface area contributed by atoms with Crippen molar-refractivity contribution in [1.82, 2.24) is 0 Å². The molecule has 0 amide bonds. The van der Waals surface area contributed by atoms with Crippen LogP contribution in [0.1, 0.15) is 151 Å². The van der Waals surface area contributed by atoms with E-state index >= 15 is 0 Å². The van der Waals surface area contributed by atoms with E-state index in [4.69, 9.17) is 9.98 Å². The van der Waals surface area contributed by atoms with Crippen molar-refractivity contribution < 1.29 is 10.2 Å². The molecule has 2 aromatic carbocycles. The van der Waals surface area contributed by atoms with Gasteiger partial charge in [-0.15, -0.1) is 0 Å². The molecule has 4 rings (SSSR count). The highest BCUT2D eigenvalue weighted by Gasteiger charge is 2.52. The van der Waals surface area contributed by atoms with Crippen molar-refractivity contribution >= 4 is 12.4 Å². The fourth-order valence-corrected chi connectivity index (χ4v) is 6.49. The predicted molar refractivity (Wildman–Crippen MR) is 165 cm³/mol. The molecule has 2 saturated carbocycles. The number of fused-ring (bicyclic) bond motifs is 2. The summed E-state index contributed by atoms with van der Waals surface area (Å²) in [6, 6.07) is 8.67. The van der Waals surface area contributed by atoms with Crippen LogP contribution in [-0.2, 0) is 0 Å². The summed E-state index contributed by atoms with van der Waals surface area (Å²) in [6.07, 6.45) is 10.3. The van der Waals surface area contributed by atoms with Crippen molar-refractivity contribution in [1.29, 1.82) is 0 Å². The van der Waals surface area contributed by atoms with Gasteiger partial charge in [0, 0.05) is 23.6 Å². The number of nitrogens with zero attached hydrogens (tertiary/aromatic N) is 2. The molecule has 0 saturated heterocycles. The van der Waals surface area contributed by atoms with Crippen LogP contribution >= 0.6 is 0 Å². The third-order valence-corrected chi connectivity index (χ3v) is 9.65. The summed E-state index contributed by atoms with van der Waals surface area (Å²) in [5.41, 5.74) is 5.92. The van der Waals surface area contributed by atoms with E-state index in [-0.39, 0.29) is 23.4 Å². The molecule has 212 valence electrons. The van der Waals surface area contributed by atoms with Crippen LogP contribution in [0.4, 0.5) is 0 Å². The Kier molecular flexibility index (Phi) is 8.93. The van der Waals surface area contributed by atoms with Gasteiger partial charge in [-0.25, -0.2) is 0 Å². The molecule has 2 aromatic rings. The number of hydrogen-bond acceptors (Lipinski definition) is 4. The number of phenols is 2. The molecule has 4 heteroatoms. The maximum absolute atomic E-state index is 11.1. The molecule has 2 fully saturated rings. The SMILES string of the molecule is CCC(C)c1cc(C=NC2CC3CCC2(N=Cc2cc(C(C)CC)cc(C(C)C)c2O)C3)c(O)c(C(C)C)c1. The van der Waals surface area contributed by atoms with E-state index in [1.165, 1.54) is 17.5 Å². The van der Waals surface area contributed by atoms with Gasteiger partial charge < -0.3 is 10.2 Å². The van der Waals surface area contributed by atoms with Gasteiger partial charge in [0.15, 0.2) is 0 Å². The van der Waals surface area contributed by atoms with Gasteiger partial charge in [0.2, 0.25) is 0 Å². The van der Waals surface area contributed by atoms with Crippen LogP contribution in [0.3, 0.4) is 0 Å². The fourth-order valence-electron chi connectivity index (χ4n) is 6.49. The molecule has 0 heterocycles. The minimum absolute atomic E-state index is 0.0890. The molecule has 5 unspecified atom stereocenters. The molecular weight excluding hydrogens is 480 g/mol. The molecule has 4 nitrogen and oxygen atoms in total. The molecule has 2 aliphatic rings. The molecule has 5 atom stereocenters. The lowest BCUT2D eigenvalue weighted by Crippen LogP contribution is -2.34. The molecule has 2 aliphatic carbocycles. The lowest BCUT2D eigenvalue weighted by atomic mass is 9.88. The average Bonchev–Trinajstić information content (AvgIpc) is 3.49. The third kappa shape index (κ3) is 5.95. The molecular formula is C35H50N2O2. The van der Waals surface area contributed by atoms with Gasteiger partial charge in [-0.1, -0.05) is 67.5 Å². The van der Waals surface area contributed by atoms with Crippen LogP contribution in [0.2, 0.25) is 0 Å². The summed E-state index contributed by atoms with van der Waals surface area (Å²) in [5.74, 6) is 2.71. The van der Waals surface area contributed by atoms with Crippen LogP contribution in [0.15, 0.2) is 34.3 Å². The first-order chi connectivity index (χ1) is 18.5. The largest absolute Gasteiger partial charge is 0.507 e.